The average Bonchev–Trinajstić information content (AvgIpc) is 2.48. The fourth-order valence-corrected chi connectivity index (χ4v) is 2.16. The fraction of sp³-hybridized carbons (Fsp3) is 0.200. The Morgan fingerprint density at radius 3 is 2.57 bits per heavy atom. The molecule has 2 aromatic rings. The van der Waals surface area contributed by atoms with E-state index < -0.39 is 6.04 Å². The molecule has 0 fully saturated rings. The molecular weight excluding hydrogens is 309 g/mol. The first kappa shape index (κ1) is 15.6. The number of hydrogen-bond acceptors (Lipinski definition) is 3. The van der Waals surface area contributed by atoms with E-state index >= 15 is 0 Å². The zero-order chi connectivity index (χ0) is 15.2. The van der Waals surface area contributed by atoms with Crippen LogP contribution in [-0.2, 0) is 11.3 Å². The van der Waals surface area contributed by atoms with Gasteiger partial charge in [0.25, 0.3) is 0 Å². The quantitative estimate of drug-likeness (QED) is 0.828. The molecule has 0 aliphatic carbocycles. The summed E-state index contributed by atoms with van der Waals surface area (Å²) in [7, 11) is 0. The highest BCUT2D eigenvalue weighted by Crippen LogP contribution is 2.22. The summed E-state index contributed by atoms with van der Waals surface area (Å²) in [6, 6.07) is 12.6. The van der Waals surface area contributed by atoms with E-state index in [0.717, 1.165) is 5.56 Å². The normalized spacial score (nSPS) is 11.8. The van der Waals surface area contributed by atoms with Crippen LogP contribution in [0.2, 0.25) is 10.3 Å². The number of hydrogen-bond donors (Lipinski definition) is 2. The molecule has 0 saturated carbocycles. The number of nitrogens with one attached hydrogen (secondary N) is 2. The predicted molar refractivity (Wildman–Crippen MR) is 85.6 cm³/mol. The van der Waals surface area contributed by atoms with Crippen molar-refractivity contribution in [1.29, 1.82) is 0 Å². The van der Waals surface area contributed by atoms with E-state index in [1.807, 2.05) is 30.3 Å². The maximum atomic E-state index is 12.0. The molecule has 0 radical (unpaired) electrons. The highest BCUT2D eigenvalue weighted by molar-refractivity contribution is 6.34. The Morgan fingerprint density at radius 1 is 1.19 bits per heavy atom. The van der Waals surface area contributed by atoms with Crippen LogP contribution in [0.3, 0.4) is 0 Å². The van der Waals surface area contributed by atoms with Crippen LogP contribution in [0.5, 0.6) is 0 Å². The number of amides is 1. The van der Waals surface area contributed by atoms with E-state index in [1.54, 1.807) is 19.1 Å². The van der Waals surface area contributed by atoms with Gasteiger partial charge in [-0.1, -0.05) is 53.5 Å². The molecule has 2 N–H and O–H groups in total. The van der Waals surface area contributed by atoms with Crippen molar-refractivity contribution in [2.75, 3.05) is 5.32 Å². The van der Waals surface area contributed by atoms with E-state index in [2.05, 4.69) is 15.6 Å². The lowest BCUT2D eigenvalue weighted by molar-refractivity contribution is -0.121. The van der Waals surface area contributed by atoms with Gasteiger partial charge < -0.3 is 10.6 Å². The number of carbonyl (C=O) groups is 1. The molecule has 1 heterocycles. The van der Waals surface area contributed by atoms with Crippen LogP contribution in [0.15, 0.2) is 42.5 Å². The number of halogens is 2. The second-order valence-electron chi connectivity index (χ2n) is 4.54. The Bertz CT molecular complexity index is 620. The molecule has 1 atom stereocenters. The first-order chi connectivity index (χ1) is 10.1. The van der Waals surface area contributed by atoms with Crippen LogP contribution in [0.1, 0.15) is 12.5 Å². The van der Waals surface area contributed by atoms with E-state index in [4.69, 9.17) is 23.2 Å². The van der Waals surface area contributed by atoms with Crippen molar-refractivity contribution in [3.63, 3.8) is 0 Å². The van der Waals surface area contributed by atoms with Crippen LogP contribution in [0, 0.1) is 0 Å². The van der Waals surface area contributed by atoms with E-state index in [-0.39, 0.29) is 11.1 Å². The molecular formula is C15H15Cl2N3O. The van der Waals surface area contributed by atoms with E-state index in [9.17, 15) is 4.79 Å². The van der Waals surface area contributed by atoms with Gasteiger partial charge >= 0.3 is 0 Å². The van der Waals surface area contributed by atoms with Crippen LogP contribution in [0.4, 0.5) is 5.69 Å². The van der Waals surface area contributed by atoms with Gasteiger partial charge in [-0.3, -0.25) is 4.79 Å². The molecule has 2 rings (SSSR count). The Balaban J connectivity index is 1.90. The third-order valence-electron chi connectivity index (χ3n) is 2.89. The number of benzene rings is 1. The maximum Gasteiger partial charge on any atom is 0.242 e. The van der Waals surface area contributed by atoms with Crippen molar-refractivity contribution in [2.24, 2.45) is 0 Å². The summed E-state index contributed by atoms with van der Waals surface area (Å²) in [4.78, 5) is 16.0. The number of nitrogens with zero attached hydrogens (tertiary/aromatic N) is 1. The maximum absolute atomic E-state index is 12.0. The molecule has 0 spiro atoms. The number of pyridine rings is 1. The Kier molecular flexibility index (Phi) is 5.42. The van der Waals surface area contributed by atoms with Gasteiger partial charge in [-0.15, -0.1) is 0 Å². The van der Waals surface area contributed by atoms with Crippen LogP contribution in [-0.4, -0.2) is 16.9 Å². The van der Waals surface area contributed by atoms with Crippen molar-refractivity contribution < 1.29 is 4.79 Å². The van der Waals surface area contributed by atoms with Crippen molar-refractivity contribution in [3.8, 4) is 0 Å². The van der Waals surface area contributed by atoms with Gasteiger partial charge in [0, 0.05) is 6.54 Å². The molecule has 4 nitrogen and oxygen atoms in total. The molecule has 0 bridgehead atoms. The minimum Gasteiger partial charge on any atom is -0.371 e. The monoisotopic (exact) mass is 323 g/mol. The molecule has 0 aliphatic heterocycles. The standard InChI is InChI=1S/C15H15Cl2N3O/c1-10(19-12-7-8-13(16)20-14(12)17)15(21)18-9-11-5-3-2-4-6-11/h2-8,10,19H,9H2,1H3,(H,18,21)/t10-/m1/s1. The lowest BCUT2D eigenvalue weighted by Gasteiger charge is -2.16. The molecule has 6 heteroatoms. The molecule has 0 saturated heterocycles. The predicted octanol–water partition coefficient (Wildman–Crippen LogP) is 3.51. The largest absolute Gasteiger partial charge is 0.371 e. The van der Waals surface area contributed by atoms with Crippen LogP contribution >= 0.6 is 23.2 Å². The second-order valence-corrected chi connectivity index (χ2v) is 5.29. The number of carbonyl (C=O) groups excluding carboxylic acids is 1. The van der Waals surface area contributed by atoms with Crippen molar-refractivity contribution in [1.82, 2.24) is 10.3 Å². The minimum absolute atomic E-state index is 0.120. The summed E-state index contributed by atoms with van der Waals surface area (Å²) in [5, 5.41) is 6.42. The fourth-order valence-electron chi connectivity index (χ4n) is 1.76. The first-order valence-electron chi connectivity index (χ1n) is 6.46. The lowest BCUT2D eigenvalue weighted by atomic mass is 10.2. The third-order valence-corrected chi connectivity index (χ3v) is 3.39. The van der Waals surface area contributed by atoms with E-state index in [1.165, 1.54) is 0 Å². The SMILES string of the molecule is C[C@@H](Nc1ccc(Cl)nc1Cl)C(=O)NCc1ccccc1. The third kappa shape index (κ3) is 4.62. The van der Waals surface area contributed by atoms with Gasteiger partial charge in [0.2, 0.25) is 5.91 Å². The summed E-state index contributed by atoms with van der Waals surface area (Å²) in [6.07, 6.45) is 0. The van der Waals surface area contributed by atoms with Crippen LogP contribution < -0.4 is 10.6 Å². The van der Waals surface area contributed by atoms with Gasteiger partial charge in [-0.2, -0.15) is 0 Å². The minimum atomic E-state index is -0.436. The molecule has 0 unspecified atom stereocenters. The molecule has 1 aromatic carbocycles. The summed E-state index contributed by atoms with van der Waals surface area (Å²) in [6.45, 7) is 2.24. The highest BCUT2D eigenvalue weighted by atomic mass is 35.5. The molecule has 21 heavy (non-hydrogen) atoms. The summed E-state index contributed by atoms with van der Waals surface area (Å²) >= 11 is 11.7. The average molecular weight is 324 g/mol. The first-order valence-corrected chi connectivity index (χ1v) is 7.22. The summed E-state index contributed by atoms with van der Waals surface area (Å²) in [5.74, 6) is -0.120. The lowest BCUT2D eigenvalue weighted by Crippen LogP contribution is -2.37. The van der Waals surface area contributed by atoms with Gasteiger partial charge in [0.05, 0.1) is 5.69 Å². The molecule has 110 valence electrons. The van der Waals surface area contributed by atoms with Crippen LogP contribution in [0.25, 0.3) is 0 Å². The number of rotatable bonds is 5. The van der Waals surface area contributed by atoms with Gasteiger partial charge in [0.15, 0.2) is 5.15 Å². The Labute approximate surface area is 133 Å². The van der Waals surface area contributed by atoms with Gasteiger partial charge in [0.1, 0.15) is 11.2 Å². The van der Waals surface area contributed by atoms with Crippen molar-refractivity contribution in [3.05, 3.63) is 58.3 Å². The molecule has 1 aromatic heterocycles. The smallest absolute Gasteiger partial charge is 0.242 e. The van der Waals surface area contributed by atoms with Crippen molar-refractivity contribution >= 4 is 34.8 Å². The Morgan fingerprint density at radius 2 is 1.90 bits per heavy atom. The van der Waals surface area contributed by atoms with Gasteiger partial charge in [-0.25, -0.2) is 4.98 Å². The molecule has 1 amide bonds. The second kappa shape index (κ2) is 7.29. The topological polar surface area (TPSA) is 54.0 Å². The molecule has 0 aliphatic rings. The summed E-state index contributed by atoms with van der Waals surface area (Å²) < 4.78 is 0. The Hall–Kier alpha value is -1.78. The zero-order valence-corrected chi connectivity index (χ0v) is 12.9. The van der Waals surface area contributed by atoms with E-state index in [0.29, 0.717) is 17.4 Å². The summed E-state index contributed by atoms with van der Waals surface area (Å²) in [5.41, 5.74) is 1.62. The van der Waals surface area contributed by atoms with Gasteiger partial charge in [-0.05, 0) is 24.6 Å². The number of anilines is 1. The number of aromatic nitrogens is 1. The highest BCUT2D eigenvalue weighted by Gasteiger charge is 2.14. The van der Waals surface area contributed by atoms with Crippen molar-refractivity contribution in [2.45, 2.75) is 19.5 Å². The zero-order valence-electron chi connectivity index (χ0n) is 11.4.